The lowest BCUT2D eigenvalue weighted by Gasteiger charge is -2.33. The fourth-order valence-electron chi connectivity index (χ4n) is 5.41. The normalized spacial score (nSPS) is 18.6. The minimum absolute atomic E-state index is 0.0946. The van der Waals surface area contributed by atoms with Crippen molar-refractivity contribution in [3.63, 3.8) is 0 Å². The number of anilines is 1. The molecule has 2 aliphatic rings. The molecule has 0 spiro atoms. The quantitative estimate of drug-likeness (QED) is 0.334. The smallest absolute Gasteiger partial charge is 0.157 e. The number of hydrogen-bond donors (Lipinski definition) is 0. The molecule has 1 aromatic carbocycles. The minimum atomic E-state index is -3.69. The van der Waals surface area contributed by atoms with Gasteiger partial charge >= 0.3 is 0 Å². The van der Waals surface area contributed by atoms with Gasteiger partial charge in [-0.1, -0.05) is 6.07 Å². The number of fused-ring (bicyclic) bond motifs is 1. The molecule has 2 saturated heterocycles. The monoisotopic (exact) mass is 568 g/mol. The van der Waals surface area contributed by atoms with E-state index in [1.54, 1.807) is 24.7 Å². The fraction of sp³-hybridized carbons (Fsp3) is 0.393. The number of ether oxygens (including phenoxy) is 1. The van der Waals surface area contributed by atoms with E-state index < -0.39 is 33.3 Å². The van der Waals surface area contributed by atoms with E-state index in [1.165, 1.54) is 17.0 Å². The summed E-state index contributed by atoms with van der Waals surface area (Å²) < 4.78 is 63.9. The number of aromatic nitrogens is 4. The summed E-state index contributed by atoms with van der Waals surface area (Å²) in [6.07, 6.45) is 7.32. The molecule has 12 heteroatoms. The maximum atomic E-state index is 16.0. The molecule has 9 nitrogen and oxygen atoms in total. The van der Waals surface area contributed by atoms with Gasteiger partial charge in [0.25, 0.3) is 0 Å². The molecule has 6 rings (SSSR count). The third-order valence-corrected chi connectivity index (χ3v) is 9.19. The van der Waals surface area contributed by atoms with Gasteiger partial charge in [-0.3, -0.25) is 0 Å². The van der Waals surface area contributed by atoms with E-state index in [9.17, 15) is 8.42 Å². The van der Waals surface area contributed by atoms with Gasteiger partial charge in [-0.05, 0) is 38.1 Å². The Morgan fingerprint density at radius 1 is 1.05 bits per heavy atom. The summed E-state index contributed by atoms with van der Waals surface area (Å²) in [6, 6.07) is 5.95. The Morgan fingerprint density at radius 2 is 1.82 bits per heavy atom. The number of likely N-dealkylation sites (N-methyl/N-ethyl adjacent to an activating group) is 1. The van der Waals surface area contributed by atoms with Gasteiger partial charge in [-0.25, -0.2) is 32.2 Å². The molecule has 0 bridgehead atoms. The van der Waals surface area contributed by atoms with Gasteiger partial charge in [-0.15, -0.1) is 0 Å². The van der Waals surface area contributed by atoms with Gasteiger partial charge in [0.2, 0.25) is 0 Å². The molecule has 210 valence electrons. The molecule has 0 aliphatic carbocycles. The molecule has 2 fully saturated rings. The van der Waals surface area contributed by atoms with E-state index in [-0.39, 0.29) is 17.0 Å². The first-order valence-corrected chi connectivity index (χ1v) is 15.1. The molecule has 0 saturated carbocycles. The highest BCUT2D eigenvalue weighted by atomic mass is 32.2. The zero-order valence-corrected chi connectivity index (χ0v) is 22.9. The van der Waals surface area contributed by atoms with Crippen molar-refractivity contribution in [2.45, 2.75) is 24.7 Å². The minimum Gasteiger partial charge on any atom is -0.377 e. The maximum absolute atomic E-state index is 16.0. The third kappa shape index (κ3) is 5.30. The Morgan fingerprint density at radius 3 is 2.55 bits per heavy atom. The molecule has 0 amide bonds. The molecule has 0 N–H and O–H groups in total. The van der Waals surface area contributed by atoms with E-state index in [0.717, 1.165) is 44.5 Å². The number of hydrogen-bond acceptors (Lipinski definition) is 8. The molecule has 1 unspecified atom stereocenters. The Kier molecular flexibility index (Phi) is 7.24. The van der Waals surface area contributed by atoms with Crippen LogP contribution in [0, 0.1) is 11.6 Å². The van der Waals surface area contributed by atoms with Crippen molar-refractivity contribution in [3.8, 4) is 16.8 Å². The Labute approximate surface area is 231 Å². The van der Waals surface area contributed by atoms with Crippen molar-refractivity contribution in [2.24, 2.45) is 0 Å². The molecule has 3 aromatic heterocycles. The summed E-state index contributed by atoms with van der Waals surface area (Å²) in [6.45, 7) is 3.95. The molecule has 1 atom stereocenters. The summed E-state index contributed by atoms with van der Waals surface area (Å²) >= 11 is 0. The van der Waals surface area contributed by atoms with Crippen molar-refractivity contribution < 1.29 is 21.9 Å². The van der Waals surface area contributed by atoms with Crippen molar-refractivity contribution >= 4 is 26.7 Å². The lowest BCUT2D eigenvalue weighted by Crippen LogP contribution is -2.44. The Bertz CT molecular complexity index is 1630. The van der Waals surface area contributed by atoms with Crippen LogP contribution < -0.4 is 4.90 Å². The van der Waals surface area contributed by atoms with Gasteiger partial charge in [0.1, 0.15) is 23.6 Å². The van der Waals surface area contributed by atoms with Crippen LogP contribution >= 0.6 is 0 Å². The van der Waals surface area contributed by atoms with E-state index in [2.05, 4.69) is 26.8 Å². The lowest BCUT2D eigenvalue weighted by atomic mass is 10.1. The van der Waals surface area contributed by atoms with Crippen LogP contribution in [0.3, 0.4) is 0 Å². The van der Waals surface area contributed by atoms with Crippen molar-refractivity contribution in [3.05, 3.63) is 66.4 Å². The van der Waals surface area contributed by atoms with Gasteiger partial charge < -0.3 is 19.1 Å². The zero-order valence-electron chi connectivity index (χ0n) is 22.1. The summed E-state index contributed by atoms with van der Waals surface area (Å²) in [4.78, 5) is 17.6. The van der Waals surface area contributed by atoms with E-state index in [0.29, 0.717) is 35.2 Å². The van der Waals surface area contributed by atoms with Crippen molar-refractivity contribution in [2.75, 3.05) is 50.5 Å². The van der Waals surface area contributed by atoms with Crippen LogP contribution in [0.1, 0.15) is 18.4 Å². The molecule has 2 aliphatic heterocycles. The summed E-state index contributed by atoms with van der Waals surface area (Å²) in [5.41, 5.74) is 1.83. The second kappa shape index (κ2) is 10.8. The van der Waals surface area contributed by atoms with E-state index in [1.807, 2.05) is 6.07 Å². The van der Waals surface area contributed by atoms with Crippen LogP contribution in [0.5, 0.6) is 0 Å². The SMILES string of the molecule is CN1CCN(c2ccc3c(n2)c(-c2cncnc2)cn3-c2c(F)ccc(CS(=O)(=O)CC3CCCO3)c2F)CC1. The number of rotatable bonds is 7. The van der Waals surface area contributed by atoms with Crippen molar-refractivity contribution in [1.29, 1.82) is 0 Å². The predicted molar refractivity (Wildman–Crippen MR) is 148 cm³/mol. The van der Waals surface area contributed by atoms with Crippen LogP contribution in [-0.4, -0.2) is 84.5 Å². The molecular formula is C28H30F2N6O3S. The second-order valence-electron chi connectivity index (χ2n) is 10.4. The average Bonchev–Trinajstić information content (AvgIpc) is 3.59. The second-order valence-corrected chi connectivity index (χ2v) is 12.5. The maximum Gasteiger partial charge on any atom is 0.157 e. The first-order valence-electron chi connectivity index (χ1n) is 13.3. The fourth-order valence-corrected chi connectivity index (χ4v) is 7.05. The van der Waals surface area contributed by atoms with Crippen LogP contribution in [0.4, 0.5) is 14.6 Å². The number of piperazine rings is 1. The number of benzene rings is 1. The highest BCUT2D eigenvalue weighted by Crippen LogP contribution is 2.35. The van der Waals surface area contributed by atoms with Gasteiger partial charge in [-0.2, -0.15) is 0 Å². The summed E-state index contributed by atoms with van der Waals surface area (Å²) in [7, 11) is -1.61. The third-order valence-electron chi connectivity index (χ3n) is 7.56. The molecule has 4 aromatic rings. The summed E-state index contributed by atoms with van der Waals surface area (Å²) in [5, 5.41) is 0. The molecule has 5 heterocycles. The Hall–Kier alpha value is -3.48. The van der Waals surface area contributed by atoms with Crippen molar-refractivity contribution in [1.82, 2.24) is 24.4 Å². The average molecular weight is 569 g/mol. The van der Waals surface area contributed by atoms with Crippen LogP contribution in [0.25, 0.3) is 27.8 Å². The number of sulfone groups is 1. The molecular weight excluding hydrogens is 538 g/mol. The standard InChI is InChI=1S/C28H30F2N6O3S/c1-34-8-10-35(11-9-34)25-7-6-24-27(33-25)22(20-13-31-18-32-14-20)15-36(24)28-23(29)5-4-19(26(28)30)16-40(37,38)17-21-3-2-12-39-21/h4-7,13-15,18,21H,2-3,8-12,16-17H2,1H3. The van der Waals surface area contributed by atoms with Gasteiger partial charge in [0.15, 0.2) is 15.7 Å². The molecule has 40 heavy (non-hydrogen) atoms. The topological polar surface area (TPSA) is 93.5 Å². The van der Waals surface area contributed by atoms with Crippen LogP contribution in [0.2, 0.25) is 0 Å². The van der Waals surface area contributed by atoms with Crippen LogP contribution in [0.15, 0.2) is 49.2 Å². The first kappa shape index (κ1) is 26.7. The predicted octanol–water partition coefficient (Wildman–Crippen LogP) is 3.61. The highest BCUT2D eigenvalue weighted by molar-refractivity contribution is 7.90. The van der Waals surface area contributed by atoms with Gasteiger partial charge in [0, 0.05) is 68.1 Å². The number of nitrogens with zero attached hydrogens (tertiary/aromatic N) is 6. The Balaban J connectivity index is 1.44. The zero-order chi connectivity index (χ0) is 27.9. The largest absolute Gasteiger partial charge is 0.377 e. The first-order chi connectivity index (χ1) is 19.3. The highest BCUT2D eigenvalue weighted by Gasteiger charge is 2.27. The number of pyridine rings is 1. The van der Waals surface area contributed by atoms with E-state index >= 15 is 8.78 Å². The van der Waals surface area contributed by atoms with Gasteiger partial charge in [0.05, 0.1) is 28.6 Å². The van der Waals surface area contributed by atoms with E-state index in [4.69, 9.17) is 9.72 Å². The lowest BCUT2D eigenvalue weighted by molar-refractivity contribution is 0.127. The molecule has 0 radical (unpaired) electrons. The number of halogens is 2. The van der Waals surface area contributed by atoms with Crippen LogP contribution in [-0.2, 0) is 20.3 Å². The summed E-state index contributed by atoms with van der Waals surface area (Å²) in [5.74, 6) is -1.70.